The van der Waals surface area contributed by atoms with Crippen LogP contribution >= 0.6 is 11.3 Å². The zero-order valence-electron chi connectivity index (χ0n) is 11.8. The molecule has 21 heavy (non-hydrogen) atoms. The summed E-state index contributed by atoms with van der Waals surface area (Å²) in [4.78, 5) is 23.8. The molecule has 1 heterocycles. The van der Waals surface area contributed by atoms with E-state index in [0.29, 0.717) is 23.4 Å². The molecule has 1 aromatic rings. The van der Waals surface area contributed by atoms with Crippen LogP contribution in [0.5, 0.6) is 0 Å². The van der Waals surface area contributed by atoms with E-state index in [1.807, 2.05) is 19.9 Å². The second-order valence-electron chi connectivity index (χ2n) is 5.28. The summed E-state index contributed by atoms with van der Waals surface area (Å²) in [5, 5.41) is 23.2. The number of amides is 1. The Morgan fingerprint density at radius 2 is 1.95 bits per heavy atom. The standard InChI is InChI=1S/C15H16N2O3S/c1-8-5-11(12(15(19)20)6-9(8)2)13(18)17-14-10(7-16)3-4-21-14/h3-4,11-12H,5-6H2,1-2H3,(H,17,18)(H,19,20)/t11-,12-/m1/s1. The van der Waals surface area contributed by atoms with E-state index in [1.165, 1.54) is 11.3 Å². The molecule has 0 aliphatic heterocycles. The summed E-state index contributed by atoms with van der Waals surface area (Å²) in [6.07, 6.45) is 0.844. The van der Waals surface area contributed by atoms with Crippen molar-refractivity contribution in [2.24, 2.45) is 11.8 Å². The Hall–Kier alpha value is -2.13. The fourth-order valence-corrected chi connectivity index (χ4v) is 3.27. The van der Waals surface area contributed by atoms with Gasteiger partial charge in [-0.3, -0.25) is 9.59 Å². The minimum Gasteiger partial charge on any atom is -0.481 e. The Kier molecular flexibility index (Phi) is 4.43. The molecular formula is C15H16N2O3S. The minimum atomic E-state index is -0.950. The van der Waals surface area contributed by atoms with Gasteiger partial charge in [0.25, 0.3) is 0 Å². The number of carbonyl (C=O) groups is 2. The lowest BCUT2D eigenvalue weighted by atomic mass is 9.76. The fourth-order valence-electron chi connectivity index (χ4n) is 2.53. The normalized spacial score (nSPS) is 21.8. The van der Waals surface area contributed by atoms with Crippen molar-refractivity contribution in [3.05, 3.63) is 28.2 Å². The van der Waals surface area contributed by atoms with Gasteiger partial charge in [0, 0.05) is 0 Å². The molecule has 0 aromatic carbocycles. The molecule has 1 aliphatic rings. The number of allylic oxidation sites excluding steroid dienone is 2. The van der Waals surface area contributed by atoms with Gasteiger partial charge in [-0.1, -0.05) is 11.1 Å². The van der Waals surface area contributed by atoms with Crippen LogP contribution in [0.15, 0.2) is 22.6 Å². The van der Waals surface area contributed by atoms with Gasteiger partial charge in [-0.2, -0.15) is 5.26 Å². The van der Waals surface area contributed by atoms with E-state index in [1.54, 1.807) is 11.4 Å². The zero-order valence-corrected chi connectivity index (χ0v) is 12.7. The third kappa shape index (κ3) is 3.14. The highest BCUT2D eigenvalue weighted by Gasteiger charge is 2.37. The van der Waals surface area contributed by atoms with E-state index < -0.39 is 17.8 Å². The highest BCUT2D eigenvalue weighted by atomic mass is 32.1. The largest absolute Gasteiger partial charge is 0.481 e. The van der Waals surface area contributed by atoms with E-state index in [-0.39, 0.29) is 5.91 Å². The first kappa shape index (κ1) is 15.3. The molecule has 0 spiro atoms. The van der Waals surface area contributed by atoms with Gasteiger partial charge in [-0.25, -0.2) is 0 Å². The van der Waals surface area contributed by atoms with Gasteiger partial charge in [-0.05, 0) is 38.1 Å². The molecular weight excluding hydrogens is 288 g/mol. The number of anilines is 1. The second-order valence-corrected chi connectivity index (χ2v) is 6.20. The maximum atomic E-state index is 12.4. The minimum absolute atomic E-state index is 0.326. The highest BCUT2D eigenvalue weighted by Crippen LogP contribution is 2.35. The van der Waals surface area contributed by atoms with Gasteiger partial charge in [0.2, 0.25) is 5.91 Å². The van der Waals surface area contributed by atoms with Crippen molar-refractivity contribution in [2.45, 2.75) is 26.7 Å². The number of rotatable bonds is 3. The van der Waals surface area contributed by atoms with Crippen LogP contribution in [-0.2, 0) is 9.59 Å². The molecule has 0 fully saturated rings. The number of nitrogens with zero attached hydrogens (tertiary/aromatic N) is 1. The maximum absolute atomic E-state index is 12.4. The Morgan fingerprint density at radius 1 is 1.33 bits per heavy atom. The Balaban J connectivity index is 2.21. The van der Waals surface area contributed by atoms with Crippen molar-refractivity contribution >= 4 is 28.2 Å². The van der Waals surface area contributed by atoms with E-state index in [4.69, 9.17) is 5.26 Å². The molecule has 2 rings (SSSR count). The average molecular weight is 304 g/mol. The summed E-state index contributed by atoms with van der Waals surface area (Å²) in [6, 6.07) is 3.63. The van der Waals surface area contributed by atoms with Crippen LogP contribution in [0, 0.1) is 23.2 Å². The molecule has 6 heteroatoms. The summed E-state index contributed by atoms with van der Waals surface area (Å²) in [5.41, 5.74) is 2.51. The first-order chi connectivity index (χ1) is 9.93. The van der Waals surface area contributed by atoms with Crippen LogP contribution < -0.4 is 5.32 Å². The molecule has 0 radical (unpaired) electrons. The number of carboxylic acid groups (broad SMARTS) is 1. The van der Waals surface area contributed by atoms with Gasteiger partial charge in [0.05, 0.1) is 17.4 Å². The van der Waals surface area contributed by atoms with E-state index in [0.717, 1.165) is 11.1 Å². The maximum Gasteiger partial charge on any atom is 0.307 e. The predicted molar refractivity (Wildman–Crippen MR) is 79.9 cm³/mol. The van der Waals surface area contributed by atoms with Crippen molar-refractivity contribution in [3.8, 4) is 6.07 Å². The lowest BCUT2D eigenvalue weighted by molar-refractivity contribution is -0.146. The van der Waals surface area contributed by atoms with Gasteiger partial charge in [-0.15, -0.1) is 11.3 Å². The topological polar surface area (TPSA) is 90.2 Å². The SMILES string of the molecule is CC1=C(C)C[C@@H](C(=O)Nc2sccc2C#N)[C@H](C(=O)O)C1. The van der Waals surface area contributed by atoms with Gasteiger partial charge in [0.15, 0.2) is 0 Å². The van der Waals surface area contributed by atoms with E-state index >= 15 is 0 Å². The van der Waals surface area contributed by atoms with E-state index in [2.05, 4.69) is 5.32 Å². The van der Waals surface area contributed by atoms with Crippen LogP contribution in [0.4, 0.5) is 5.00 Å². The van der Waals surface area contributed by atoms with Crippen LogP contribution in [0.25, 0.3) is 0 Å². The van der Waals surface area contributed by atoms with Crippen LogP contribution in [-0.4, -0.2) is 17.0 Å². The number of nitriles is 1. The molecule has 0 bridgehead atoms. The van der Waals surface area contributed by atoms with Crippen molar-refractivity contribution in [1.82, 2.24) is 0 Å². The molecule has 0 saturated carbocycles. The van der Waals surface area contributed by atoms with Crippen LogP contribution in [0.3, 0.4) is 0 Å². The lowest BCUT2D eigenvalue weighted by Crippen LogP contribution is -2.36. The van der Waals surface area contributed by atoms with Crippen LogP contribution in [0.2, 0.25) is 0 Å². The van der Waals surface area contributed by atoms with Gasteiger partial charge in [0.1, 0.15) is 11.1 Å². The fraction of sp³-hybridized carbons (Fsp3) is 0.400. The molecule has 2 atom stereocenters. The number of aliphatic carboxylic acids is 1. The van der Waals surface area contributed by atoms with Crippen molar-refractivity contribution < 1.29 is 14.7 Å². The number of thiophene rings is 1. The summed E-state index contributed by atoms with van der Waals surface area (Å²) in [5.74, 6) is -2.58. The zero-order chi connectivity index (χ0) is 15.6. The number of carboxylic acids is 1. The molecule has 0 saturated heterocycles. The summed E-state index contributed by atoms with van der Waals surface area (Å²) < 4.78 is 0. The quantitative estimate of drug-likeness (QED) is 0.840. The molecule has 5 nitrogen and oxygen atoms in total. The Morgan fingerprint density at radius 3 is 2.52 bits per heavy atom. The first-order valence-corrected chi connectivity index (χ1v) is 7.48. The molecule has 1 aliphatic carbocycles. The highest BCUT2D eigenvalue weighted by molar-refractivity contribution is 7.14. The number of carbonyl (C=O) groups excluding carboxylic acids is 1. The number of nitrogens with one attached hydrogen (secondary N) is 1. The lowest BCUT2D eigenvalue weighted by Gasteiger charge is -2.29. The predicted octanol–water partition coefficient (Wildman–Crippen LogP) is 3.01. The molecule has 0 unspecified atom stereocenters. The molecule has 2 N–H and O–H groups in total. The molecule has 110 valence electrons. The molecule has 1 amide bonds. The van der Waals surface area contributed by atoms with Gasteiger partial charge < -0.3 is 10.4 Å². The monoisotopic (exact) mass is 304 g/mol. The van der Waals surface area contributed by atoms with Crippen LogP contribution in [0.1, 0.15) is 32.3 Å². The third-order valence-electron chi connectivity index (χ3n) is 3.94. The summed E-state index contributed by atoms with van der Waals surface area (Å²) in [7, 11) is 0. The van der Waals surface area contributed by atoms with Crippen molar-refractivity contribution in [1.29, 1.82) is 5.26 Å². The number of hydrogen-bond donors (Lipinski definition) is 2. The Bertz CT molecular complexity index is 654. The third-order valence-corrected chi connectivity index (χ3v) is 4.77. The smallest absolute Gasteiger partial charge is 0.307 e. The summed E-state index contributed by atoms with van der Waals surface area (Å²) in [6.45, 7) is 3.84. The summed E-state index contributed by atoms with van der Waals surface area (Å²) >= 11 is 1.26. The van der Waals surface area contributed by atoms with Crippen molar-refractivity contribution in [2.75, 3.05) is 5.32 Å². The van der Waals surface area contributed by atoms with Crippen molar-refractivity contribution in [3.63, 3.8) is 0 Å². The Labute approximate surface area is 126 Å². The second kappa shape index (κ2) is 6.10. The first-order valence-electron chi connectivity index (χ1n) is 6.60. The van der Waals surface area contributed by atoms with E-state index in [9.17, 15) is 14.7 Å². The van der Waals surface area contributed by atoms with Gasteiger partial charge >= 0.3 is 5.97 Å². The number of hydrogen-bond acceptors (Lipinski definition) is 4. The average Bonchev–Trinajstić information content (AvgIpc) is 2.88. The molecule has 1 aromatic heterocycles.